The molecule has 0 spiro atoms. The Morgan fingerprint density at radius 2 is 2.47 bits per heavy atom. The molecule has 0 radical (unpaired) electrons. The Bertz CT molecular complexity index is 363. The summed E-state index contributed by atoms with van der Waals surface area (Å²) in [7, 11) is 1.76. The van der Waals surface area contributed by atoms with Gasteiger partial charge in [0, 0.05) is 4.92 Å². The van der Waals surface area contributed by atoms with Crippen LogP contribution in [-0.4, -0.2) is 27.5 Å². The number of imidazole rings is 1. The summed E-state index contributed by atoms with van der Waals surface area (Å²) in [6.45, 7) is 0.107. The summed E-state index contributed by atoms with van der Waals surface area (Å²) in [6, 6.07) is 0. The molecule has 1 N–H and O–H groups in total. The normalized spacial score (nSPS) is 10.2. The summed E-state index contributed by atoms with van der Waals surface area (Å²) in [5, 5.41) is 21.4. The molecule has 7 nitrogen and oxygen atoms in total. The lowest BCUT2D eigenvalue weighted by molar-refractivity contribution is -0.672. The third-order valence-electron chi connectivity index (χ3n) is 1.82. The van der Waals surface area contributed by atoms with Crippen LogP contribution in [0.15, 0.2) is 17.5 Å². The summed E-state index contributed by atoms with van der Waals surface area (Å²) in [4.78, 5) is 9.76. The molecule has 8 heteroatoms. The molecule has 0 bridgehead atoms. The van der Waals surface area contributed by atoms with Gasteiger partial charge in [-0.05, 0) is 0 Å². The van der Waals surface area contributed by atoms with Crippen LogP contribution in [0.2, 0.25) is 0 Å². The average Bonchev–Trinajstić information content (AvgIpc) is 2.46. The highest BCUT2D eigenvalue weighted by Crippen LogP contribution is 1.92. The lowest BCUT2D eigenvalue weighted by Gasteiger charge is -1.94. The number of hydrogen-bond acceptors (Lipinski definition) is 4. The molecule has 0 atom stereocenters. The maximum absolute atomic E-state index is 10.2. The monoisotopic (exact) mass is 234 g/mol. The van der Waals surface area contributed by atoms with Crippen LogP contribution in [0.5, 0.6) is 0 Å². The predicted octanol–water partition coefficient (Wildman–Crippen LogP) is -3.60. The number of rotatable bonds is 4. The molecular formula is C7H11ClN4O3. The Kier molecular flexibility index (Phi) is 5.32. The van der Waals surface area contributed by atoms with Gasteiger partial charge in [0.25, 0.3) is 0 Å². The van der Waals surface area contributed by atoms with Crippen molar-refractivity contribution in [1.29, 1.82) is 0 Å². The fourth-order valence-corrected chi connectivity index (χ4v) is 1.13. The molecule has 0 aliphatic heterocycles. The fraction of sp³-hybridized carbons (Fsp3) is 0.429. The Balaban J connectivity index is 0.00000196. The Morgan fingerprint density at radius 1 is 1.80 bits per heavy atom. The first-order chi connectivity index (χ1) is 6.65. The van der Waals surface area contributed by atoms with Crippen molar-refractivity contribution in [3.05, 3.63) is 28.3 Å². The Morgan fingerprint density at radius 3 is 3.00 bits per heavy atom. The fourth-order valence-electron chi connectivity index (χ4n) is 1.13. The highest BCUT2D eigenvalue weighted by molar-refractivity contribution is 5.72. The van der Waals surface area contributed by atoms with Crippen LogP contribution >= 0.6 is 0 Å². The van der Waals surface area contributed by atoms with Gasteiger partial charge in [-0.1, -0.05) is 5.16 Å². The Labute approximate surface area is 92.2 Å². The average molecular weight is 235 g/mol. The molecule has 1 aromatic heterocycles. The summed E-state index contributed by atoms with van der Waals surface area (Å²) in [5.74, 6) is 0.606. The molecular weight excluding hydrogens is 224 g/mol. The van der Waals surface area contributed by atoms with Crippen molar-refractivity contribution < 1.29 is 27.1 Å². The van der Waals surface area contributed by atoms with Gasteiger partial charge >= 0.3 is 5.82 Å². The number of oxime groups is 1. The SMILES string of the molecule is C[n+]1ccn(CC[N+](=O)[O-])c1/C=N/O.[Cl-]. The maximum Gasteiger partial charge on any atom is 0.303 e. The van der Waals surface area contributed by atoms with Gasteiger partial charge in [-0.3, -0.25) is 10.1 Å². The molecule has 0 saturated carbocycles. The number of aryl methyl sites for hydroxylation is 1. The van der Waals surface area contributed by atoms with Crippen molar-refractivity contribution in [2.45, 2.75) is 6.54 Å². The third-order valence-corrected chi connectivity index (χ3v) is 1.82. The number of nitro groups is 1. The van der Waals surface area contributed by atoms with Crippen LogP contribution in [0.1, 0.15) is 5.82 Å². The zero-order valence-electron chi connectivity index (χ0n) is 8.08. The van der Waals surface area contributed by atoms with Gasteiger partial charge in [0.15, 0.2) is 12.8 Å². The molecule has 0 aliphatic carbocycles. The molecule has 1 aromatic rings. The highest BCUT2D eigenvalue weighted by atomic mass is 35.5. The van der Waals surface area contributed by atoms with Crippen LogP contribution in [0.3, 0.4) is 0 Å². The van der Waals surface area contributed by atoms with E-state index in [4.69, 9.17) is 5.21 Å². The minimum atomic E-state index is -0.389. The number of hydrogen-bond donors (Lipinski definition) is 1. The van der Waals surface area contributed by atoms with E-state index in [1.54, 1.807) is 28.6 Å². The zero-order chi connectivity index (χ0) is 10.6. The summed E-state index contributed by atoms with van der Waals surface area (Å²) >= 11 is 0. The van der Waals surface area contributed by atoms with Gasteiger partial charge in [0.05, 0.1) is 7.05 Å². The molecule has 0 unspecified atom stereocenters. The number of nitrogens with zero attached hydrogens (tertiary/aromatic N) is 4. The van der Waals surface area contributed by atoms with Crippen LogP contribution < -0.4 is 17.0 Å². The van der Waals surface area contributed by atoms with E-state index in [0.29, 0.717) is 5.82 Å². The molecule has 1 heterocycles. The summed E-state index contributed by atoms with van der Waals surface area (Å²) in [6.07, 6.45) is 4.66. The van der Waals surface area contributed by atoms with Crippen LogP contribution in [0, 0.1) is 10.1 Å². The zero-order valence-corrected chi connectivity index (χ0v) is 8.83. The van der Waals surface area contributed by atoms with E-state index in [-0.39, 0.29) is 30.4 Å². The van der Waals surface area contributed by atoms with Crippen molar-refractivity contribution in [1.82, 2.24) is 4.57 Å². The van der Waals surface area contributed by atoms with Gasteiger partial charge in [0.1, 0.15) is 12.4 Å². The van der Waals surface area contributed by atoms with Crippen molar-refractivity contribution in [3.63, 3.8) is 0 Å². The van der Waals surface area contributed by atoms with E-state index in [2.05, 4.69) is 5.16 Å². The van der Waals surface area contributed by atoms with Gasteiger partial charge in [0.2, 0.25) is 6.54 Å². The van der Waals surface area contributed by atoms with E-state index in [1.165, 1.54) is 6.21 Å². The van der Waals surface area contributed by atoms with Gasteiger partial charge in [-0.2, -0.15) is 0 Å². The topological polar surface area (TPSA) is 84.5 Å². The van der Waals surface area contributed by atoms with Crippen molar-refractivity contribution >= 4 is 6.21 Å². The third kappa shape index (κ3) is 3.55. The molecule has 84 valence electrons. The van der Waals surface area contributed by atoms with Crippen LogP contribution in [0.25, 0.3) is 0 Å². The van der Waals surface area contributed by atoms with Crippen LogP contribution in [0.4, 0.5) is 0 Å². The molecule has 0 aliphatic rings. The number of aromatic nitrogens is 2. The standard InChI is InChI=1S/C7H10N4O3.ClH/c1-9-2-3-10(4-5-11(13)14)7(9)6-8-12;/h2-3,6H,4-5H2,1H3;1H. The smallest absolute Gasteiger partial charge is 0.303 e. The second-order valence-electron chi connectivity index (χ2n) is 2.76. The van der Waals surface area contributed by atoms with Crippen molar-refractivity contribution in [3.8, 4) is 0 Å². The first-order valence-electron chi connectivity index (χ1n) is 3.99. The second kappa shape index (κ2) is 5.97. The quantitative estimate of drug-likeness (QED) is 0.192. The molecule has 15 heavy (non-hydrogen) atoms. The first-order valence-corrected chi connectivity index (χ1v) is 3.99. The van der Waals surface area contributed by atoms with Gasteiger partial charge in [-0.25, -0.2) is 9.13 Å². The molecule has 0 fully saturated rings. The van der Waals surface area contributed by atoms with Crippen molar-refractivity contribution in [2.75, 3.05) is 6.54 Å². The Hall–Kier alpha value is -1.63. The molecule has 0 saturated heterocycles. The van der Waals surface area contributed by atoms with Gasteiger partial charge < -0.3 is 17.6 Å². The van der Waals surface area contributed by atoms with Gasteiger partial charge in [-0.15, -0.1) is 0 Å². The lowest BCUT2D eigenvalue weighted by Crippen LogP contribution is -3.00. The highest BCUT2D eigenvalue weighted by Gasteiger charge is 2.13. The predicted molar refractivity (Wildman–Crippen MR) is 46.8 cm³/mol. The first kappa shape index (κ1) is 13.4. The second-order valence-corrected chi connectivity index (χ2v) is 2.76. The van der Waals surface area contributed by atoms with E-state index in [1.807, 2.05) is 0 Å². The van der Waals surface area contributed by atoms with E-state index in [0.717, 1.165) is 0 Å². The molecule has 0 aromatic carbocycles. The summed E-state index contributed by atoms with van der Waals surface area (Å²) in [5.41, 5.74) is 0. The minimum absolute atomic E-state index is 0. The van der Waals surface area contributed by atoms with Crippen molar-refractivity contribution in [2.24, 2.45) is 12.2 Å². The molecule has 0 amide bonds. The van der Waals surface area contributed by atoms with Crippen LogP contribution in [-0.2, 0) is 13.6 Å². The number of halogens is 1. The lowest BCUT2D eigenvalue weighted by atomic mass is 10.5. The largest absolute Gasteiger partial charge is 1.00 e. The maximum atomic E-state index is 10.2. The summed E-state index contributed by atoms with van der Waals surface area (Å²) < 4.78 is 3.35. The van der Waals surface area contributed by atoms with E-state index in [9.17, 15) is 10.1 Å². The molecule has 1 rings (SSSR count). The van der Waals surface area contributed by atoms with E-state index >= 15 is 0 Å². The van der Waals surface area contributed by atoms with E-state index < -0.39 is 0 Å². The minimum Gasteiger partial charge on any atom is -1.00 e.